The standard InChI is InChI=1S/C26H29ClN4/c27-23-8-6-17(7-9-23)16-31-29-24(26(30-31)20-4-2-1-3-5-20)15-28-25-21-11-18-10-19(13-21)14-22(25)12-18/h1-9,18-19,21-22,25,28H,10-16H2. The number of nitrogens with zero attached hydrogens (tertiary/aromatic N) is 3. The molecule has 0 amide bonds. The Bertz CT molecular complexity index is 1020. The van der Waals surface area contributed by atoms with Crippen molar-refractivity contribution in [3.05, 3.63) is 70.9 Å². The molecule has 1 aromatic heterocycles. The molecule has 31 heavy (non-hydrogen) atoms. The van der Waals surface area contributed by atoms with E-state index in [0.29, 0.717) is 12.6 Å². The van der Waals surface area contributed by atoms with Gasteiger partial charge in [0.15, 0.2) is 0 Å². The van der Waals surface area contributed by atoms with Crippen molar-refractivity contribution in [1.29, 1.82) is 0 Å². The Balaban J connectivity index is 1.24. The van der Waals surface area contributed by atoms with Gasteiger partial charge in [-0.1, -0.05) is 54.1 Å². The van der Waals surface area contributed by atoms with E-state index >= 15 is 0 Å². The van der Waals surface area contributed by atoms with Crippen molar-refractivity contribution in [2.75, 3.05) is 0 Å². The molecule has 4 aliphatic rings. The van der Waals surface area contributed by atoms with Crippen LogP contribution in [0.3, 0.4) is 0 Å². The third-order valence-electron chi connectivity index (χ3n) is 7.74. The molecular formula is C26H29ClN4. The first kappa shape index (κ1) is 19.5. The Morgan fingerprint density at radius 2 is 1.52 bits per heavy atom. The van der Waals surface area contributed by atoms with E-state index in [1.165, 1.54) is 32.1 Å². The molecule has 0 saturated heterocycles. The number of benzene rings is 2. The van der Waals surface area contributed by atoms with Crippen LogP contribution in [0.15, 0.2) is 54.6 Å². The van der Waals surface area contributed by atoms with Crippen molar-refractivity contribution >= 4 is 11.6 Å². The summed E-state index contributed by atoms with van der Waals surface area (Å²) < 4.78 is 0. The molecule has 0 spiro atoms. The van der Waals surface area contributed by atoms with Crippen molar-refractivity contribution in [2.45, 2.75) is 51.2 Å². The highest BCUT2D eigenvalue weighted by molar-refractivity contribution is 6.30. The van der Waals surface area contributed by atoms with Gasteiger partial charge in [-0.05, 0) is 73.5 Å². The quantitative estimate of drug-likeness (QED) is 0.554. The van der Waals surface area contributed by atoms with Crippen molar-refractivity contribution in [1.82, 2.24) is 20.3 Å². The molecule has 5 heteroatoms. The van der Waals surface area contributed by atoms with Crippen molar-refractivity contribution in [2.24, 2.45) is 23.7 Å². The molecule has 4 fully saturated rings. The minimum absolute atomic E-state index is 0.648. The lowest BCUT2D eigenvalue weighted by Gasteiger charge is -2.54. The summed E-state index contributed by atoms with van der Waals surface area (Å²) in [6.45, 7) is 1.44. The van der Waals surface area contributed by atoms with Crippen LogP contribution in [0.1, 0.15) is 43.4 Å². The molecule has 160 valence electrons. The monoisotopic (exact) mass is 432 g/mol. The number of aromatic nitrogens is 3. The van der Waals surface area contributed by atoms with Gasteiger partial charge in [0.05, 0.1) is 6.54 Å². The van der Waals surface area contributed by atoms with E-state index < -0.39 is 0 Å². The lowest BCUT2D eigenvalue weighted by molar-refractivity contribution is -0.0143. The average Bonchev–Trinajstić information content (AvgIpc) is 3.17. The summed E-state index contributed by atoms with van der Waals surface area (Å²) in [6, 6.07) is 19.0. The summed E-state index contributed by atoms with van der Waals surface area (Å²) in [4.78, 5) is 1.83. The van der Waals surface area contributed by atoms with Gasteiger partial charge >= 0.3 is 0 Å². The molecule has 0 atom stereocenters. The van der Waals surface area contributed by atoms with Crippen molar-refractivity contribution in [3.63, 3.8) is 0 Å². The molecule has 4 aliphatic carbocycles. The minimum Gasteiger partial charge on any atom is -0.308 e. The zero-order chi connectivity index (χ0) is 20.8. The van der Waals surface area contributed by atoms with E-state index in [4.69, 9.17) is 21.8 Å². The Morgan fingerprint density at radius 3 is 2.19 bits per heavy atom. The maximum atomic E-state index is 6.04. The van der Waals surface area contributed by atoms with Gasteiger partial charge in [-0.25, -0.2) is 0 Å². The molecule has 4 bridgehead atoms. The van der Waals surface area contributed by atoms with Crippen LogP contribution in [0.25, 0.3) is 11.3 Å². The molecule has 7 rings (SSSR count). The molecule has 4 saturated carbocycles. The van der Waals surface area contributed by atoms with Gasteiger partial charge in [0.2, 0.25) is 0 Å². The fourth-order valence-corrected chi connectivity index (χ4v) is 6.74. The minimum atomic E-state index is 0.648. The molecule has 0 radical (unpaired) electrons. The van der Waals surface area contributed by atoms with E-state index in [0.717, 1.165) is 57.8 Å². The van der Waals surface area contributed by atoms with E-state index in [2.05, 4.69) is 29.6 Å². The van der Waals surface area contributed by atoms with Crippen LogP contribution < -0.4 is 5.32 Å². The second-order valence-corrected chi connectivity index (χ2v) is 10.3. The topological polar surface area (TPSA) is 42.7 Å². The number of halogens is 1. The van der Waals surface area contributed by atoms with Gasteiger partial charge in [-0.2, -0.15) is 15.0 Å². The molecular weight excluding hydrogens is 404 g/mol. The third kappa shape index (κ3) is 3.92. The normalized spacial score (nSPS) is 28.9. The lowest BCUT2D eigenvalue weighted by atomic mass is 9.54. The van der Waals surface area contributed by atoms with Gasteiger partial charge < -0.3 is 5.32 Å². The van der Waals surface area contributed by atoms with E-state index in [-0.39, 0.29) is 0 Å². The summed E-state index contributed by atoms with van der Waals surface area (Å²) in [5, 5.41) is 14.5. The highest BCUT2D eigenvalue weighted by Gasteiger charge is 2.47. The average molecular weight is 433 g/mol. The zero-order valence-electron chi connectivity index (χ0n) is 17.8. The first-order valence-corrected chi connectivity index (χ1v) is 12.1. The number of hydrogen-bond acceptors (Lipinski definition) is 3. The summed E-state index contributed by atoms with van der Waals surface area (Å²) in [5.41, 5.74) is 4.33. The van der Waals surface area contributed by atoms with Crippen LogP contribution in [-0.4, -0.2) is 21.0 Å². The first-order chi connectivity index (χ1) is 15.2. The molecule has 3 aromatic rings. The fourth-order valence-electron chi connectivity index (χ4n) is 6.62. The van der Waals surface area contributed by atoms with E-state index in [1.54, 1.807) is 0 Å². The Labute approximate surface area is 189 Å². The highest BCUT2D eigenvalue weighted by atomic mass is 35.5. The van der Waals surface area contributed by atoms with Crippen LogP contribution in [0.4, 0.5) is 0 Å². The summed E-state index contributed by atoms with van der Waals surface area (Å²) in [5.74, 6) is 3.72. The van der Waals surface area contributed by atoms with Crippen LogP contribution in [0, 0.1) is 23.7 Å². The second-order valence-electron chi connectivity index (χ2n) is 9.86. The molecule has 1 N–H and O–H groups in total. The third-order valence-corrected chi connectivity index (χ3v) is 7.99. The fraction of sp³-hybridized carbons (Fsp3) is 0.462. The van der Waals surface area contributed by atoms with Crippen molar-refractivity contribution < 1.29 is 0 Å². The predicted molar refractivity (Wildman–Crippen MR) is 124 cm³/mol. The second kappa shape index (κ2) is 8.07. The zero-order valence-corrected chi connectivity index (χ0v) is 18.5. The van der Waals surface area contributed by atoms with Gasteiger partial charge in [-0.15, -0.1) is 0 Å². The van der Waals surface area contributed by atoms with Crippen LogP contribution in [0.2, 0.25) is 5.02 Å². The van der Waals surface area contributed by atoms with Gasteiger partial charge in [0, 0.05) is 23.2 Å². The Morgan fingerprint density at radius 1 is 0.839 bits per heavy atom. The predicted octanol–water partition coefficient (Wildman–Crippen LogP) is 5.56. The lowest BCUT2D eigenvalue weighted by Crippen LogP contribution is -2.54. The Hall–Kier alpha value is -2.17. The van der Waals surface area contributed by atoms with Gasteiger partial charge in [0.25, 0.3) is 0 Å². The van der Waals surface area contributed by atoms with Crippen LogP contribution in [-0.2, 0) is 13.1 Å². The maximum Gasteiger partial charge on any atom is 0.117 e. The van der Waals surface area contributed by atoms with Gasteiger partial charge in [-0.3, -0.25) is 0 Å². The highest BCUT2D eigenvalue weighted by Crippen LogP contribution is 2.53. The molecule has 2 aromatic carbocycles. The summed E-state index contributed by atoms with van der Waals surface area (Å²) in [6.07, 6.45) is 7.22. The largest absolute Gasteiger partial charge is 0.308 e. The number of nitrogens with one attached hydrogen (secondary N) is 1. The number of rotatable bonds is 6. The Kier molecular flexibility index (Phi) is 5.08. The SMILES string of the molecule is Clc1ccc(Cn2nc(CNC3C4CC5CC(C4)CC3C5)c(-c3ccccc3)n2)cc1. The molecule has 4 nitrogen and oxygen atoms in total. The maximum absolute atomic E-state index is 6.04. The van der Waals surface area contributed by atoms with Gasteiger partial charge in [0.1, 0.15) is 11.4 Å². The van der Waals surface area contributed by atoms with Crippen LogP contribution in [0.5, 0.6) is 0 Å². The summed E-state index contributed by atoms with van der Waals surface area (Å²) >= 11 is 6.04. The smallest absolute Gasteiger partial charge is 0.117 e. The van der Waals surface area contributed by atoms with E-state index in [9.17, 15) is 0 Å². The summed E-state index contributed by atoms with van der Waals surface area (Å²) in [7, 11) is 0. The number of hydrogen-bond donors (Lipinski definition) is 1. The molecule has 0 aliphatic heterocycles. The first-order valence-electron chi connectivity index (χ1n) is 11.7. The van der Waals surface area contributed by atoms with Crippen molar-refractivity contribution in [3.8, 4) is 11.3 Å². The van der Waals surface area contributed by atoms with E-state index in [1.807, 2.05) is 35.1 Å². The molecule has 0 unspecified atom stereocenters. The van der Waals surface area contributed by atoms with Crippen LogP contribution >= 0.6 is 11.6 Å². The molecule has 1 heterocycles.